The highest BCUT2D eigenvalue weighted by atomic mass is 16.3. The van der Waals surface area contributed by atoms with E-state index in [1.807, 2.05) is 42.5 Å². The number of nitrogens with zero attached hydrogens (tertiary/aromatic N) is 2. The number of benzene rings is 4. The van der Waals surface area contributed by atoms with E-state index < -0.39 is 6.17 Å². The van der Waals surface area contributed by atoms with E-state index in [-0.39, 0.29) is 0 Å². The van der Waals surface area contributed by atoms with Crippen molar-refractivity contribution in [2.45, 2.75) is 19.0 Å². The molecule has 0 bridgehead atoms. The van der Waals surface area contributed by atoms with Gasteiger partial charge < -0.3 is 14.2 Å². The fourth-order valence-corrected chi connectivity index (χ4v) is 7.70. The standard InChI is InChI=1S/C43H31N3O2/c1-2-12-27(13-3-1)41-44-42(34-18-10-17-32-31-15-6-8-19-35(31)48-40(32)34)46-43(45-41)39-30(29-22-21-26-11-4-5-14-28(26)25-29)23-24-37-38(39)33-16-7-9-20-36(33)47-37/h1-9,11-16,18-26,28,43H,10,17H2,(H,44,45,46). The van der Waals surface area contributed by atoms with Gasteiger partial charge in [0.15, 0.2) is 6.17 Å². The second-order valence-electron chi connectivity index (χ2n) is 12.8. The summed E-state index contributed by atoms with van der Waals surface area (Å²) in [6.45, 7) is 0. The lowest BCUT2D eigenvalue weighted by atomic mass is 9.80. The van der Waals surface area contributed by atoms with E-state index in [9.17, 15) is 0 Å². The number of para-hydroxylation sites is 2. The number of hydrogen-bond acceptors (Lipinski definition) is 5. The smallest absolute Gasteiger partial charge is 0.171 e. The molecule has 230 valence electrons. The third-order valence-corrected chi connectivity index (χ3v) is 9.97. The van der Waals surface area contributed by atoms with Crippen LogP contribution >= 0.6 is 0 Å². The molecule has 4 aromatic carbocycles. The number of amidine groups is 2. The van der Waals surface area contributed by atoms with Gasteiger partial charge in [-0.3, -0.25) is 0 Å². The zero-order valence-corrected chi connectivity index (χ0v) is 26.1. The van der Waals surface area contributed by atoms with Gasteiger partial charge in [0.25, 0.3) is 0 Å². The summed E-state index contributed by atoms with van der Waals surface area (Å²) < 4.78 is 13.0. The quantitative estimate of drug-likeness (QED) is 0.213. The van der Waals surface area contributed by atoms with Crippen LogP contribution in [0.5, 0.6) is 0 Å². The SMILES string of the molecule is C1=CC2C=CC(c3ccc4oc5ccccc5c4c3C3N=C(C4=CCCc5c4oc4ccccc54)NC(c4ccccc4)=N3)=CC2C=C1. The summed E-state index contributed by atoms with van der Waals surface area (Å²) in [5, 5.41) is 6.92. The van der Waals surface area contributed by atoms with Crippen molar-refractivity contribution < 1.29 is 8.83 Å². The molecule has 4 aliphatic rings. The number of rotatable bonds is 4. The van der Waals surface area contributed by atoms with Gasteiger partial charge in [0.05, 0.1) is 5.57 Å². The van der Waals surface area contributed by atoms with Crippen molar-refractivity contribution in [2.24, 2.45) is 21.8 Å². The number of furan rings is 2. The first-order valence-corrected chi connectivity index (χ1v) is 16.7. The molecule has 1 N–H and O–H groups in total. The van der Waals surface area contributed by atoms with E-state index >= 15 is 0 Å². The van der Waals surface area contributed by atoms with E-state index in [1.54, 1.807) is 0 Å². The normalized spacial score (nSPS) is 21.4. The third kappa shape index (κ3) is 4.31. The summed E-state index contributed by atoms with van der Waals surface area (Å²) in [7, 11) is 0. The van der Waals surface area contributed by atoms with Crippen molar-refractivity contribution in [2.75, 3.05) is 0 Å². The number of fused-ring (bicyclic) bond motifs is 7. The molecule has 0 saturated heterocycles. The summed E-state index contributed by atoms with van der Waals surface area (Å²) in [5.41, 5.74) is 9.11. The molecule has 1 aliphatic heterocycles. The summed E-state index contributed by atoms with van der Waals surface area (Å²) in [6.07, 6.45) is 19.3. The molecule has 0 radical (unpaired) electrons. The van der Waals surface area contributed by atoms with Crippen LogP contribution in [0.2, 0.25) is 0 Å². The van der Waals surface area contributed by atoms with Crippen LogP contribution in [0.3, 0.4) is 0 Å². The molecule has 3 unspecified atom stereocenters. The van der Waals surface area contributed by atoms with Crippen LogP contribution in [0.1, 0.15) is 40.6 Å². The Kier molecular flexibility index (Phi) is 6.13. The minimum absolute atomic E-state index is 0.300. The zero-order chi connectivity index (χ0) is 31.6. The molecule has 0 saturated carbocycles. The number of nitrogens with one attached hydrogen (secondary N) is 1. The van der Waals surface area contributed by atoms with Gasteiger partial charge in [-0.2, -0.15) is 0 Å². The molecule has 3 aliphatic carbocycles. The van der Waals surface area contributed by atoms with Crippen molar-refractivity contribution >= 4 is 55.7 Å². The predicted molar refractivity (Wildman–Crippen MR) is 195 cm³/mol. The molecule has 3 heterocycles. The monoisotopic (exact) mass is 621 g/mol. The van der Waals surface area contributed by atoms with E-state index in [0.29, 0.717) is 11.8 Å². The third-order valence-electron chi connectivity index (χ3n) is 9.97. The lowest BCUT2D eigenvalue weighted by Crippen LogP contribution is -2.36. The molecule has 0 amide bonds. The van der Waals surface area contributed by atoms with Crippen molar-refractivity contribution in [1.82, 2.24) is 5.32 Å². The number of hydrogen-bond donors (Lipinski definition) is 1. The number of aryl methyl sites for hydroxylation is 1. The first-order chi connectivity index (χ1) is 23.8. The molecule has 2 aromatic heterocycles. The molecule has 5 heteroatoms. The second kappa shape index (κ2) is 10.8. The largest absolute Gasteiger partial charge is 0.456 e. The molecular weight excluding hydrogens is 590 g/mol. The minimum atomic E-state index is -0.541. The van der Waals surface area contributed by atoms with Crippen molar-refractivity contribution in [3.05, 3.63) is 168 Å². The van der Waals surface area contributed by atoms with Crippen LogP contribution in [0.4, 0.5) is 0 Å². The Bertz CT molecular complexity index is 2500. The molecule has 5 nitrogen and oxygen atoms in total. The summed E-state index contributed by atoms with van der Waals surface area (Å²) in [6, 6.07) is 31.2. The van der Waals surface area contributed by atoms with Gasteiger partial charge in [0, 0.05) is 44.7 Å². The maximum Gasteiger partial charge on any atom is 0.171 e. The lowest BCUT2D eigenvalue weighted by molar-refractivity contribution is 0.592. The topological polar surface area (TPSA) is 63.0 Å². The highest BCUT2D eigenvalue weighted by Crippen LogP contribution is 2.44. The Morgan fingerprint density at radius 1 is 0.667 bits per heavy atom. The van der Waals surface area contributed by atoms with Gasteiger partial charge in [-0.05, 0) is 42.2 Å². The maximum atomic E-state index is 6.55. The molecule has 10 rings (SSSR count). The minimum Gasteiger partial charge on any atom is -0.456 e. The van der Waals surface area contributed by atoms with Gasteiger partial charge in [0.2, 0.25) is 0 Å². The molecule has 0 spiro atoms. The lowest BCUT2D eigenvalue weighted by Gasteiger charge is -2.27. The fourth-order valence-electron chi connectivity index (χ4n) is 7.70. The Morgan fingerprint density at radius 2 is 1.42 bits per heavy atom. The van der Waals surface area contributed by atoms with Crippen LogP contribution in [0, 0.1) is 11.8 Å². The molecule has 6 aromatic rings. The summed E-state index contributed by atoms with van der Waals surface area (Å²) in [4.78, 5) is 10.8. The summed E-state index contributed by atoms with van der Waals surface area (Å²) >= 11 is 0. The summed E-state index contributed by atoms with van der Waals surface area (Å²) in [5.74, 6) is 3.09. The Morgan fingerprint density at radius 3 is 2.29 bits per heavy atom. The molecule has 0 fully saturated rings. The highest BCUT2D eigenvalue weighted by molar-refractivity contribution is 6.30. The highest BCUT2D eigenvalue weighted by Gasteiger charge is 2.31. The maximum absolute atomic E-state index is 6.55. The fraction of sp³-hybridized carbons (Fsp3) is 0.116. The number of allylic oxidation sites excluding steroid dienone is 9. The molecular formula is C43H31N3O2. The zero-order valence-electron chi connectivity index (χ0n) is 26.1. The Labute approximate surface area is 277 Å². The van der Waals surface area contributed by atoms with E-state index in [1.165, 1.54) is 16.5 Å². The van der Waals surface area contributed by atoms with Crippen LogP contribution in [0.25, 0.3) is 44.1 Å². The average Bonchev–Trinajstić information content (AvgIpc) is 3.73. The van der Waals surface area contributed by atoms with Crippen LogP contribution < -0.4 is 5.32 Å². The van der Waals surface area contributed by atoms with Crippen LogP contribution in [0.15, 0.2) is 158 Å². The van der Waals surface area contributed by atoms with Gasteiger partial charge in [-0.15, -0.1) is 0 Å². The number of aliphatic imine (C=N–C) groups is 2. The van der Waals surface area contributed by atoms with Gasteiger partial charge in [-0.1, -0.05) is 121 Å². The molecule has 48 heavy (non-hydrogen) atoms. The van der Waals surface area contributed by atoms with Gasteiger partial charge >= 0.3 is 0 Å². The predicted octanol–water partition coefficient (Wildman–Crippen LogP) is 10.1. The first kappa shape index (κ1) is 27.2. The van der Waals surface area contributed by atoms with Gasteiger partial charge in [0.1, 0.15) is 34.2 Å². The van der Waals surface area contributed by atoms with Crippen molar-refractivity contribution in [3.8, 4) is 0 Å². The molecule has 3 atom stereocenters. The van der Waals surface area contributed by atoms with E-state index in [4.69, 9.17) is 18.8 Å². The van der Waals surface area contributed by atoms with Crippen molar-refractivity contribution in [3.63, 3.8) is 0 Å². The van der Waals surface area contributed by atoms with Gasteiger partial charge in [-0.25, -0.2) is 9.98 Å². The van der Waals surface area contributed by atoms with Crippen molar-refractivity contribution in [1.29, 1.82) is 0 Å². The van der Waals surface area contributed by atoms with Crippen LogP contribution in [-0.2, 0) is 6.42 Å². The first-order valence-electron chi connectivity index (χ1n) is 16.7. The Balaban J connectivity index is 1.22. The Hall–Kier alpha value is -5.94. The van der Waals surface area contributed by atoms with Crippen LogP contribution in [-0.4, -0.2) is 11.7 Å². The van der Waals surface area contributed by atoms with E-state index in [2.05, 4.69) is 102 Å². The second-order valence-corrected chi connectivity index (χ2v) is 12.8. The average molecular weight is 622 g/mol. The van der Waals surface area contributed by atoms with E-state index in [0.717, 1.165) is 80.1 Å².